The molecule has 0 fully saturated rings. The molecule has 2 aromatic heterocycles. The van der Waals surface area contributed by atoms with E-state index in [2.05, 4.69) is 15.0 Å². The maximum absolute atomic E-state index is 12.4. The number of amides is 1. The Kier molecular flexibility index (Phi) is 4.05. The molecule has 3 rings (SSSR count). The van der Waals surface area contributed by atoms with Gasteiger partial charge in [-0.15, -0.1) is 0 Å². The molecule has 1 amide bonds. The van der Waals surface area contributed by atoms with Crippen molar-refractivity contribution in [2.24, 2.45) is 0 Å². The lowest BCUT2D eigenvalue weighted by molar-refractivity contribution is 0.101. The van der Waals surface area contributed by atoms with Crippen LogP contribution in [0.3, 0.4) is 0 Å². The van der Waals surface area contributed by atoms with Crippen LogP contribution in [0, 0.1) is 6.92 Å². The van der Waals surface area contributed by atoms with Crippen molar-refractivity contribution >= 4 is 11.6 Å². The molecule has 0 radical (unpaired) electrons. The summed E-state index contributed by atoms with van der Waals surface area (Å²) in [7, 11) is 0. The van der Waals surface area contributed by atoms with Crippen molar-refractivity contribution < 1.29 is 9.32 Å². The molecule has 2 heterocycles. The Hall–Kier alpha value is -3.15. The fraction of sp³-hybridized carbons (Fsp3) is 0.118. The van der Waals surface area contributed by atoms with Crippen LogP contribution in [0.1, 0.15) is 21.6 Å². The molecule has 1 N–H and O–H groups in total. The molecule has 0 saturated heterocycles. The molecule has 1 aromatic carbocycles. The Labute approximate surface area is 132 Å². The lowest BCUT2D eigenvalue weighted by Crippen LogP contribution is -2.25. The van der Waals surface area contributed by atoms with Gasteiger partial charge in [0.05, 0.1) is 6.54 Å². The first kappa shape index (κ1) is 14.8. The molecule has 23 heavy (non-hydrogen) atoms. The van der Waals surface area contributed by atoms with Crippen molar-refractivity contribution in [1.82, 2.24) is 9.72 Å². The number of carbonyl (C=O) groups excluding carboxylic acids is 1. The molecular weight excluding hydrogens is 294 g/mol. The first-order valence-electron chi connectivity index (χ1n) is 7.10. The van der Waals surface area contributed by atoms with Gasteiger partial charge in [-0.05, 0) is 24.6 Å². The highest BCUT2D eigenvalue weighted by Gasteiger charge is 2.12. The number of pyridine rings is 1. The van der Waals surface area contributed by atoms with Gasteiger partial charge >= 0.3 is 0 Å². The van der Waals surface area contributed by atoms with Crippen LogP contribution < -0.4 is 10.9 Å². The van der Waals surface area contributed by atoms with Crippen LogP contribution in [0.4, 0.5) is 5.69 Å². The minimum absolute atomic E-state index is 0.123. The molecular formula is C17H15N3O3. The monoisotopic (exact) mass is 309 g/mol. The van der Waals surface area contributed by atoms with Crippen LogP contribution >= 0.6 is 0 Å². The first-order chi connectivity index (χ1) is 11.1. The second-order valence-corrected chi connectivity index (χ2v) is 5.18. The molecule has 0 unspecified atom stereocenters. The molecule has 6 heteroatoms. The molecule has 0 saturated carbocycles. The van der Waals surface area contributed by atoms with Crippen LogP contribution in [-0.4, -0.2) is 15.6 Å². The van der Waals surface area contributed by atoms with E-state index in [4.69, 9.17) is 0 Å². The zero-order chi connectivity index (χ0) is 16.2. The van der Waals surface area contributed by atoms with Crippen molar-refractivity contribution in [1.29, 1.82) is 0 Å². The fourth-order valence-corrected chi connectivity index (χ4v) is 2.16. The van der Waals surface area contributed by atoms with Gasteiger partial charge in [0.2, 0.25) is 0 Å². The maximum Gasteiger partial charge on any atom is 0.277 e. The molecule has 0 spiro atoms. The first-order valence-corrected chi connectivity index (χ1v) is 7.10. The largest absolute Gasteiger partial charge is 0.364 e. The van der Waals surface area contributed by atoms with E-state index in [1.807, 2.05) is 31.2 Å². The lowest BCUT2D eigenvalue weighted by Gasteiger charge is -2.09. The average Bonchev–Trinajstić information content (AvgIpc) is 3.08. The third-order valence-electron chi connectivity index (χ3n) is 3.41. The molecule has 0 aliphatic rings. The Balaban J connectivity index is 1.82. The lowest BCUT2D eigenvalue weighted by atomic mass is 10.1. The molecule has 0 bridgehead atoms. The van der Waals surface area contributed by atoms with Gasteiger partial charge in [0, 0.05) is 12.3 Å². The van der Waals surface area contributed by atoms with Gasteiger partial charge in [-0.1, -0.05) is 35.0 Å². The Morgan fingerprint density at radius 3 is 2.70 bits per heavy atom. The zero-order valence-electron chi connectivity index (χ0n) is 12.5. The van der Waals surface area contributed by atoms with E-state index in [0.717, 1.165) is 11.1 Å². The summed E-state index contributed by atoms with van der Waals surface area (Å²) in [5, 5.41) is 6.10. The molecule has 6 nitrogen and oxygen atoms in total. The van der Waals surface area contributed by atoms with Crippen LogP contribution in [-0.2, 0) is 6.54 Å². The van der Waals surface area contributed by atoms with Gasteiger partial charge in [-0.2, -0.15) is 0 Å². The Morgan fingerprint density at radius 1 is 1.22 bits per heavy atom. The SMILES string of the molecule is Cc1ccc(Cn2cccc(NC(=O)c3ccon3)c2=O)cc1. The topological polar surface area (TPSA) is 77.1 Å². The number of hydrogen-bond donors (Lipinski definition) is 1. The number of anilines is 1. The molecule has 0 aliphatic carbocycles. The summed E-state index contributed by atoms with van der Waals surface area (Å²) >= 11 is 0. The fourth-order valence-electron chi connectivity index (χ4n) is 2.16. The van der Waals surface area contributed by atoms with Gasteiger partial charge in [0.1, 0.15) is 12.0 Å². The predicted molar refractivity (Wildman–Crippen MR) is 85.4 cm³/mol. The summed E-state index contributed by atoms with van der Waals surface area (Å²) in [5.74, 6) is -0.482. The van der Waals surface area contributed by atoms with Crippen molar-refractivity contribution in [2.75, 3.05) is 5.32 Å². The highest BCUT2D eigenvalue weighted by atomic mass is 16.5. The van der Waals surface area contributed by atoms with Crippen LogP contribution in [0.25, 0.3) is 0 Å². The van der Waals surface area contributed by atoms with E-state index in [-0.39, 0.29) is 16.9 Å². The van der Waals surface area contributed by atoms with E-state index >= 15 is 0 Å². The standard InChI is InChI=1S/C17H15N3O3/c1-12-4-6-13(7-5-12)11-20-9-2-3-15(17(20)22)18-16(21)14-8-10-23-19-14/h2-10H,11H2,1H3,(H,18,21). The quantitative estimate of drug-likeness (QED) is 0.803. The third-order valence-corrected chi connectivity index (χ3v) is 3.41. The van der Waals surface area contributed by atoms with Gasteiger partial charge < -0.3 is 14.4 Å². The number of aromatic nitrogens is 2. The van der Waals surface area contributed by atoms with Crippen LogP contribution in [0.2, 0.25) is 0 Å². The number of nitrogens with zero attached hydrogens (tertiary/aromatic N) is 2. The summed E-state index contributed by atoms with van der Waals surface area (Å²) in [6.45, 7) is 2.45. The molecule has 116 valence electrons. The predicted octanol–water partition coefficient (Wildman–Crippen LogP) is 2.45. The van der Waals surface area contributed by atoms with Gasteiger partial charge in [0.25, 0.3) is 11.5 Å². The van der Waals surface area contributed by atoms with Crippen molar-refractivity contribution in [3.63, 3.8) is 0 Å². The minimum Gasteiger partial charge on any atom is -0.364 e. The number of carbonyl (C=O) groups is 1. The highest BCUT2D eigenvalue weighted by Crippen LogP contribution is 2.07. The van der Waals surface area contributed by atoms with E-state index < -0.39 is 5.91 Å². The summed E-state index contributed by atoms with van der Waals surface area (Å²) in [4.78, 5) is 24.4. The Morgan fingerprint density at radius 2 is 2.00 bits per heavy atom. The van der Waals surface area contributed by atoms with E-state index in [1.165, 1.54) is 12.3 Å². The maximum atomic E-state index is 12.4. The van der Waals surface area contributed by atoms with Gasteiger partial charge in [-0.3, -0.25) is 9.59 Å². The number of rotatable bonds is 4. The van der Waals surface area contributed by atoms with Crippen LogP contribution in [0.5, 0.6) is 0 Å². The van der Waals surface area contributed by atoms with Gasteiger partial charge in [-0.25, -0.2) is 0 Å². The average molecular weight is 309 g/mol. The van der Waals surface area contributed by atoms with Crippen molar-refractivity contribution in [3.8, 4) is 0 Å². The molecule has 0 aliphatic heterocycles. The number of benzene rings is 1. The van der Waals surface area contributed by atoms with Gasteiger partial charge in [0.15, 0.2) is 5.69 Å². The highest BCUT2D eigenvalue weighted by molar-refractivity contribution is 6.02. The van der Waals surface area contributed by atoms with E-state index in [9.17, 15) is 9.59 Å². The number of hydrogen-bond acceptors (Lipinski definition) is 4. The van der Waals surface area contributed by atoms with Crippen LogP contribution in [0.15, 0.2) is 64.2 Å². The molecule has 0 atom stereocenters. The smallest absolute Gasteiger partial charge is 0.277 e. The summed E-state index contributed by atoms with van der Waals surface area (Å²) < 4.78 is 6.17. The number of nitrogens with one attached hydrogen (secondary N) is 1. The molecule has 3 aromatic rings. The Bertz CT molecular complexity index is 865. The normalized spacial score (nSPS) is 10.5. The summed E-state index contributed by atoms with van der Waals surface area (Å²) in [6, 6.07) is 12.7. The minimum atomic E-state index is -0.482. The van der Waals surface area contributed by atoms with E-state index in [0.29, 0.717) is 6.54 Å². The number of aryl methyl sites for hydroxylation is 1. The van der Waals surface area contributed by atoms with Crippen molar-refractivity contribution in [3.05, 3.63) is 82.1 Å². The second kappa shape index (κ2) is 6.31. The van der Waals surface area contributed by atoms with Crippen molar-refractivity contribution in [2.45, 2.75) is 13.5 Å². The zero-order valence-corrected chi connectivity index (χ0v) is 12.5. The summed E-state index contributed by atoms with van der Waals surface area (Å²) in [5.41, 5.74) is 2.23. The third kappa shape index (κ3) is 3.37. The summed E-state index contributed by atoms with van der Waals surface area (Å²) in [6.07, 6.45) is 2.99. The van der Waals surface area contributed by atoms with E-state index in [1.54, 1.807) is 22.9 Å². The second-order valence-electron chi connectivity index (χ2n) is 5.18.